The second kappa shape index (κ2) is 5.35. The topological polar surface area (TPSA) is 62.6 Å². The van der Waals surface area contributed by atoms with Crippen LogP contribution in [0.1, 0.15) is 27.7 Å². The molecule has 1 aliphatic heterocycles. The summed E-state index contributed by atoms with van der Waals surface area (Å²) in [5.41, 5.74) is 1.06. The van der Waals surface area contributed by atoms with Gasteiger partial charge >= 0.3 is 13.1 Å². The second-order valence-electron chi connectivity index (χ2n) is 6.78. The van der Waals surface area contributed by atoms with Crippen molar-refractivity contribution in [2.24, 2.45) is 0 Å². The number of hydrogen-bond acceptors (Lipinski definition) is 5. The summed E-state index contributed by atoms with van der Waals surface area (Å²) in [5.74, 6) is -0.329. The number of benzene rings is 1. The van der Waals surface area contributed by atoms with E-state index in [0.29, 0.717) is 0 Å². The van der Waals surface area contributed by atoms with Crippen LogP contribution in [-0.4, -0.2) is 41.2 Å². The lowest BCUT2D eigenvalue weighted by molar-refractivity contribution is -0.141. The minimum Gasteiger partial charge on any atom is -0.468 e. The third kappa shape index (κ3) is 2.75. The first-order valence-corrected chi connectivity index (χ1v) is 7.61. The Labute approximate surface area is 135 Å². The first kappa shape index (κ1) is 16.0. The average molecular weight is 316 g/mol. The first-order chi connectivity index (χ1) is 10.7. The molecule has 2 aromatic rings. The molecule has 7 heteroatoms. The van der Waals surface area contributed by atoms with Crippen LogP contribution in [-0.2, 0) is 25.4 Å². The molecule has 1 saturated heterocycles. The number of methoxy groups -OCH3 is 1. The van der Waals surface area contributed by atoms with E-state index in [0.717, 1.165) is 16.4 Å². The highest BCUT2D eigenvalue weighted by molar-refractivity contribution is 6.62. The van der Waals surface area contributed by atoms with Gasteiger partial charge in [-0.15, -0.1) is 0 Å². The molecule has 0 bridgehead atoms. The van der Waals surface area contributed by atoms with E-state index in [1.54, 1.807) is 10.9 Å². The van der Waals surface area contributed by atoms with E-state index in [1.807, 2.05) is 45.9 Å². The molecule has 0 amide bonds. The number of hydrogen-bond donors (Lipinski definition) is 0. The molecule has 0 unspecified atom stereocenters. The number of carbonyl (C=O) groups is 1. The van der Waals surface area contributed by atoms with Crippen LogP contribution in [0.2, 0.25) is 0 Å². The monoisotopic (exact) mass is 316 g/mol. The van der Waals surface area contributed by atoms with E-state index in [-0.39, 0.29) is 23.7 Å². The number of esters is 1. The molecule has 6 nitrogen and oxygen atoms in total. The van der Waals surface area contributed by atoms with Gasteiger partial charge in [-0.1, -0.05) is 12.1 Å². The van der Waals surface area contributed by atoms with E-state index in [4.69, 9.17) is 9.31 Å². The van der Waals surface area contributed by atoms with Crippen LogP contribution < -0.4 is 5.46 Å². The van der Waals surface area contributed by atoms with Crippen molar-refractivity contribution >= 4 is 29.5 Å². The smallest absolute Gasteiger partial charge is 0.468 e. The van der Waals surface area contributed by atoms with E-state index in [2.05, 4.69) is 9.84 Å². The van der Waals surface area contributed by atoms with Gasteiger partial charge in [0.25, 0.3) is 0 Å². The molecule has 122 valence electrons. The van der Waals surface area contributed by atoms with Crippen LogP contribution in [0.15, 0.2) is 24.4 Å². The molecular weight excluding hydrogens is 295 g/mol. The zero-order chi connectivity index (χ0) is 16.8. The molecule has 0 radical (unpaired) electrons. The number of rotatable bonds is 3. The molecule has 0 atom stereocenters. The van der Waals surface area contributed by atoms with Gasteiger partial charge in [0.05, 0.1) is 30.0 Å². The Morgan fingerprint density at radius 3 is 2.52 bits per heavy atom. The largest absolute Gasteiger partial charge is 0.494 e. The van der Waals surface area contributed by atoms with Crippen LogP contribution >= 0.6 is 0 Å². The highest BCUT2D eigenvalue weighted by atomic mass is 16.7. The van der Waals surface area contributed by atoms with Crippen LogP contribution in [0.5, 0.6) is 0 Å². The number of fused-ring (bicyclic) bond motifs is 1. The number of aromatic nitrogens is 2. The van der Waals surface area contributed by atoms with Crippen molar-refractivity contribution < 1.29 is 18.8 Å². The van der Waals surface area contributed by atoms with Crippen molar-refractivity contribution in [3.8, 4) is 0 Å². The highest BCUT2D eigenvalue weighted by Gasteiger charge is 2.51. The van der Waals surface area contributed by atoms with Crippen molar-refractivity contribution in [1.82, 2.24) is 9.78 Å². The lowest BCUT2D eigenvalue weighted by Crippen LogP contribution is -2.41. The van der Waals surface area contributed by atoms with Crippen molar-refractivity contribution in [2.45, 2.75) is 45.4 Å². The Morgan fingerprint density at radius 2 is 1.91 bits per heavy atom. The summed E-state index contributed by atoms with van der Waals surface area (Å²) < 4.78 is 18.4. The van der Waals surface area contributed by atoms with Crippen molar-refractivity contribution in [3.63, 3.8) is 0 Å². The van der Waals surface area contributed by atoms with Gasteiger partial charge < -0.3 is 14.0 Å². The Balaban J connectivity index is 1.89. The van der Waals surface area contributed by atoms with Crippen molar-refractivity contribution in [3.05, 3.63) is 24.4 Å². The van der Waals surface area contributed by atoms with E-state index in [9.17, 15) is 4.79 Å². The fourth-order valence-electron chi connectivity index (χ4n) is 2.54. The van der Waals surface area contributed by atoms with Gasteiger partial charge in [0.15, 0.2) is 0 Å². The molecule has 2 heterocycles. The lowest BCUT2D eigenvalue weighted by Gasteiger charge is -2.32. The van der Waals surface area contributed by atoms with Gasteiger partial charge in [-0.2, -0.15) is 5.10 Å². The number of ether oxygens (including phenoxy) is 1. The molecule has 1 fully saturated rings. The van der Waals surface area contributed by atoms with Crippen molar-refractivity contribution in [2.75, 3.05) is 7.11 Å². The Kier molecular flexibility index (Phi) is 3.73. The summed E-state index contributed by atoms with van der Waals surface area (Å²) in [5, 5.41) is 5.17. The van der Waals surface area contributed by atoms with Gasteiger partial charge in [0, 0.05) is 5.39 Å². The Bertz CT molecular complexity index is 738. The van der Waals surface area contributed by atoms with Gasteiger partial charge in [0.2, 0.25) is 0 Å². The van der Waals surface area contributed by atoms with E-state index >= 15 is 0 Å². The fraction of sp³-hybridized carbons (Fsp3) is 0.500. The zero-order valence-corrected chi connectivity index (χ0v) is 14.1. The van der Waals surface area contributed by atoms with E-state index < -0.39 is 7.12 Å². The predicted octanol–water partition coefficient (Wildman–Crippen LogP) is 1.51. The minimum atomic E-state index is -0.409. The maximum atomic E-state index is 11.4. The third-order valence-corrected chi connectivity index (χ3v) is 4.70. The molecule has 3 rings (SSSR count). The molecule has 23 heavy (non-hydrogen) atoms. The van der Waals surface area contributed by atoms with Gasteiger partial charge in [-0.05, 0) is 39.2 Å². The SMILES string of the molecule is COC(=O)Cn1ncc2cc(B3OC(C)(C)C(C)(C)O3)ccc21. The average Bonchev–Trinajstić information content (AvgIpc) is 2.97. The molecule has 0 saturated carbocycles. The second-order valence-corrected chi connectivity index (χ2v) is 6.78. The van der Waals surface area contributed by atoms with Crippen LogP contribution in [0.3, 0.4) is 0 Å². The third-order valence-electron chi connectivity index (χ3n) is 4.70. The van der Waals surface area contributed by atoms with Crippen molar-refractivity contribution in [1.29, 1.82) is 0 Å². The summed E-state index contributed by atoms with van der Waals surface area (Å²) in [6, 6.07) is 5.85. The Morgan fingerprint density at radius 1 is 1.26 bits per heavy atom. The maximum absolute atomic E-state index is 11.4. The molecule has 1 aromatic heterocycles. The summed E-state index contributed by atoms with van der Waals surface area (Å²) >= 11 is 0. The quantitative estimate of drug-likeness (QED) is 0.634. The maximum Gasteiger partial charge on any atom is 0.494 e. The normalized spacial score (nSPS) is 19.3. The zero-order valence-electron chi connectivity index (χ0n) is 14.1. The summed E-state index contributed by atoms with van der Waals surface area (Å²) in [4.78, 5) is 11.4. The first-order valence-electron chi connectivity index (χ1n) is 7.61. The molecule has 1 aromatic carbocycles. The molecule has 0 aliphatic carbocycles. The number of carbonyl (C=O) groups excluding carboxylic acids is 1. The van der Waals surface area contributed by atoms with Crippen LogP contribution in [0, 0.1) is 0 Å². The van der Waals surface area contributed by atoms with Crippen LogP contribution in [0.25, 0.3) is 10.9 Å². The Hall–Kier alpha value is -1.86. The van der Waals surface area contributed by atoms with Gasteiger partial charge in [-0.25, -0.2) is 0 Å². The lowest BCUT2D eigenvalue weighted by atomic mass is 9.79. The molecule has 0 spiro atoms. The fourth-order valence-corrected chi connectivity index (χ4v) is 2.54. The minimum absolute atomic E-state index is 0.0931. The molecule has 1 aliphatic rings. The highest BCUT2D eigenvalue weighted by Crippen LogP contribution is 2.36. The predicted molar refractivity (Wildman–Crippen MR) is 87.5 cm³/mol. The van der Waals surface area contributed by atoms with Gasteiger partial charge in [0.1, 0.15) is 6.54 Å². The number of nitrogens with zero attached hydrogens (tertiary/aromatic N) is 2. The summed E-state index contributed by atoms with van der Waals surface area (Å²) in [6.07, 6.45) is 1.73. The van der Waals surface area contributed by atoms with E-state index in [1.165, 1.54) is 7.11 Å². The molecule has 0 N–H and O–H groups in total. The van der Waals surface area contributed by atoms with Gasteiger partial charge in [-0.3, -0.25) is 9.48 Å². The molecular formula is C16H21BN2O4. The van der Waals surface area contributed by atoms with Crippen LogP contribution in [0.4, 0.5) is 0 Å². The summed E-state index contributed by atoms with van der Waals surface area (Å²) in [6.45, 7) is 8.20. The standard InChI is InChI=1S/C16H21BN2O4/c1-15(2)16(3,4)23-17(22-15)12-6-7-13-11(8-12)9-18-19(13)10-14(20)21-5/h6-9H,10H2,1-5H3. The summed E-state index contributed by atoms with van der Waals surface area (Å²) in [7, 11) is 0.957.